The summed E-state index contributed by atoms with van der Waals surface area (Å²) >= 11 is 6.16. The number of hydrogen-bond acceptors (Lipinski definition) is 7. The number of methoxy groups -OCH3 is 1. The summed E-state index contributed by atoms with van der Waals surface area (Å²) in [5.74, 6) is 0.674. The number of pyridine rings is 1. The van der Waals surface area contributed by atoms with Crippen LogP contribution < -0.4 is 5.32 Å². The molecule has 154 valence electrons. The first-order valence-electron chi connectivity index (χ1n) is 9.82. The van der Waals surface area contributed by atoms with E-state index in [4.69, 9.17) is 26.1 Å². The molecule has 3 aromatic heterocycles. The van der Waals surface area contributed by atoms with E-state index in [1.807, 2.05) is 23.7 Å². The van der Waals surface area contributed by atoms with Crippen molar-refractivity contribution in [1.82, 2.24) is 24.5 Å². The topological polar surface area (TPSA) is 87.0 Å². The second-order valence-electron chi connectivity index (χ2n) is 7.28. The average Bonchev–Trinajstić information content (AvgIpc) is 3.15. The third-order valence-electron chi connectivity index (χ3n) is 5.25. The quantitative estimate of drug-likeness (QED) is 0.466. The molecule has 0 saturated heterocycles. The molecule has 3 heterocycles. The molecule has 8 nitrogen and oxygen atoms in total. The molecule has 0 spiro atoms. The zero-order chi connectivity index (χ0) is 20.2. The molecule has 4 rings (SSSR count). The number of anilines is 1. The van der Waals surface area contributed by atoms with E-state index >= 15 is 0 Å². The molecule has 0 unspecified atom stereocenters. The maximum absolute atomic E-state index is 6.16. The molecule has 29 heavy (non-hydrogen) atoms. The summed E-state index contributed by atoms with van der Waals surface area (Å²) in [6.45, 7) is 1.28. The maximum Gasteiger partial charge on any atom is 0.225 e. The van der Waals surface area contributed by atoms with Crippen LogP contribution >= 0.6 is 11.6 Å². The van der Waals surface area contributed by atoms with Crippen molar-refractivity contribution in [2.24, 2.45) is 7.05 Å². The van der Waals surface area contributed by atoms with Gasteiger partial charge in [0.1, 0.15) is 5.52 Å². The van der Waals surface area contributed by atoms with Gasteiger partial charge in [-0.15, -0.1) is 0 Å². The lowest BCUT2D eigenvalue weighted by molar-refractivity contribution is -0.00155. The lowest BCUT2D eigenvalue weighted by atomic mass is 9.93. The fourth-order valence-corrected chi connectivity index (χ4v) is 3.87. The molecule has 9 heteroatoms. The van der Waals surface area contributed by atoms with Gasteiger partial charge >= 0.3 is 0 Å². The van der Waals surface area contributed by atoms with E-state index in [1.54, 1.807) is 19.6 Å². The molecule has 0 atom stereocenters. The number of nitrogens with one attached hydrogen (secondary N) is 1. The Morgan fingerprint density at radius 1 is 1.14 bits per heavy atom. The minimum absolute atomic E-state index is 0.215. The molecule has 3 aromatic rings. The van der Waals surface area contributed by atoms with Crippen LogP contribution in [0.15, 0.2) is 24.7 Å². The molecule has 1 N–H and O–H groups in total. The van der Waals surface area contributed by atoms with E-state index in [2.05, 4.69) is 20.3 Å². The molecular weight excluding hydrogens is 392 g/mol. The SMILES string of the molecule is COCCOC1CCC(Nc2nc(Cl)nc3ccc(-c4cncn4C)nc23)CC1. The largest absolute Gasteiger partial charge is 0.382 e. The predicted molar refractivity (Wildman–Crippen MR) is 112 cm³/mol. The van der Waals surface area contributed by atoms with Gasteiger partial charge in [0.15, 0.2) is 5.82 Å². The normalized spacial score (nSPS) is 19.6. The van der Waals surface area contributed by atoms with Gasteiger partial charge in [-0.25, -0.2) is 15.0 Å². The summed E-state index contributed by atoms with van der Waals surface area (Å²) in [6.07, 6.45) is 7.86. The maximum atomic E-state index is 6.16. The lowest BCUT2D eigenvalue weighted by Crippen LogP contribution is -2.30. The number of hydrogen-bond donors (Lipinski definition) is 1. The number of nitrogens with zero attached hydrogens (tertiary/aromatic N) is 5. The van der Waals surface area contributed by atoms with E-state index < -0.39 is 0 Å². The molecule has 1 aliphatic carbocycles. The molecule has 0 aromatic carbocycles. The van der Waals surface area contributed by atoms with Gasteiger partial charge in [-0.2, -0.15) is 4.98 Å². The van der Waals surface area contributed by atoms with Crippen molar-refractivity contribution in [2.45, 2.75) is 37.8 Å². The number of fused-ring (bicyclic) bond motifs is 1. The van der Waals surface area contributed by atoms with Crippen molar-refractivity contribution < 1.29 is 9.47 Å². The first-order valence-corrected chi connectivity index (χ1v) is 10.2. The third-order valence-corrected chi connectivity index (χ3v) is 5.42. The summed E-state index contributed by atoms with van der Waals surface area (Å²) in [5.41, 5.74) is 3.19. The van der Waals surface area contributed by atoms with Gasteiger partial charge in [0.05, 0.1) is 48.7 Å². The van der Waals surface area contributed by atoms with Crippen molar-refractivity contribution >= 4 is 28.5 Å². The number of aromatic nitrogens is 5. The molecule has 1 fully saturated rings. The van der Waals surface area contributed by atoms with Crippen LogP contribution in [0, 0.1) is 0 Å². The Kier molecular flexibility index (Phi) is 6.22. The van der Waals surface area contributed by atoms with Crippen LogP contribution in [0.4, 0.5) is 5.82 Å². The van der Waals surface area contributed by atoms with E-state index in [0.29, 0.717) is 36.7 Å². The fourth-order valence-electron chi connectivity index (χ4n) is 3.70. The van der Waals surface area contributed by atoms with Gasteiger partial charge in [0.25, 0.3) is 0 Å². The fraction of sp³-hybridized carbons (Fsp3) is 0.500. The zero-order valence-corrected chi connectivity index (χ0v) is 17.4. The van der Waals surface area contributed by atoms with Crippen LogP contribution in [0.5, 0.6) is 0 Å². The first-order chi connectivity index (χ1) is 14.1. The number of imidazole rings is 1. The number of halogens is 1. The summed E-state index contributed by atoms with van der Waals surface area (Å²) < 4.78 is 12.8. The number of ether oxygens (including phenoxy) is 2. The monoisotopic (exact) mass is 416 g/mol. The van der Waals surface area contributed by atoms with Gasteiger partial charge in [-0.05, 0) is 49.4 Å². The Morgan fingerprint density at radius 3 is 2.69 bits per heavy atom. The lowest BCUT2D eigenvalue weighted by Gasteiger charge is -2.29. The molecule has 1 saturated carbocycles. The van der Waals surface area contributed by atoms with Gasteiger partial charge in [0, 0.05) is 20.2 Å². The molecule has 0 aliphatic heterocycles. The standard InChI is InChI=1S/C20H25ClN6O2/c1-27-12-22-11-17(27)15-7-8-16-18(24-15)19(26-20(21)25-16)23-13-3-5-14(6-4-13)29-10-9-28-2/h7-8,11-14H,3-6,9-10H2,1-2H3,(H,23,25,26). The average molecular weight is 417 g/mol. The van der Waals surface area contributed by atoms with E-state index in [9.17, 15) is 0 Å². The van der Waals surface area contributed by atoms with Gasteiger partial charge in [0.2, 0.25) is 5.28 Å². The molecule has 0 bridgehead atoms. The second kappa shape index (κ2) is 9.02. The molecular formula is C20H25ClN6O2. The smallest absolute Gasteiger partial charge is 0.225 e. The van der Waals surface area contributed by atoms with Crippen LogP contribution in [-0.4, -0.2) is 57.0 Å². The Bertz CT molecular complexity index is 971. The first kappa shape index (κ1) is 20.0. The molecule has 1 aliphatic rings. The van der Waals surface area contributed by atoms with Crippen molar-refractivity contribution in [2.75, 3.05) is 25.6 Å². The Hall–Kier alpha value is -2.29. The van der Waals surface area contributed by atoms with E-state index in [1.165, 1.54) is 0 Å². The van der Waals surface area contributed by atoms with Crippen LogP contribution in [0.3, 0.4) is 0 Å². The summed E-state index contributed by atoms with van der Waals surface area (Å²) in [5, 5.41) is 3.75. The molecule has 0 radical (unpaired) electrons. The molecule has 0 amide bonds. The van der Waals surface area contributed by atoms with Crippen LogP contribution in [-0.2, 0) is 16.5 Å². The number of rotatable bonds is 7. The highest BCUT2D eigenvalue weighted by Gasteiger charge is 2.23. The van der Waals surface area contributed by atoms with Crippen molar-refractivity contribution in [3.8, 4) is 11.4 Å². The summed E-state index contributed by atoms with van der Waals surface area (Å²) in [6, 6.07) is 4.15. The summed E-state index contributed by atoms with van der Waals surface area (Å²) in [7, 11) is 3.63. The van der Waals surface area contributed by atoms with Crippen molar-refractivity contribution in [3.63, 3.8) is 0 Å². The Morgan fingerprint density at radius 2 is 1.97 bits per heavy atom. The zero-order valence-electron chi connectivity index (χ0n) is 16.6. The predicted octanol–water partition coefficient (Wildman–Crippen LogP) is 3.46. The minimum Gasteiger partial charge on any atom is -0.382 e. The van der Waals surface area contributed by atoms with Crippen LogP contribution in [0.1, 0.15) is 25.7 Å². The van der Waals surface area contributed by atoms with Crippen LogP contribution in [0.25, 0.3) is 22.4 Å². The van der Waals surface area contributed by atoms with E-state index in [-0.39, 0.29) is 5.28 Å². The Labute approximate surface area is 174 Å². The minimum atomic E-state index is 0.215. The van der Waals surface area contributed by atoms with E-state index in [0.717, 1.165) is 42.6 Å². The van der Waals surface area contributed by atoms with Crippen molar-refractivity contribution in [1.29, 1.82) is 0 Å². The second-order valence-corrected chi connectivity index (χ2v) is 7.61. The van der Waals surface area contributed by atoms with Crippen molar-refractivity contribution in [3.05, 3.63) is 29.9 Å². The van der Waals surface area contributed by atoms with Gasteiger partial charge in [-0.3, -0.25) is 0 Å². The highest BCUT2D eigenvalue weighted by molar-refractivity contribution is 6.28. The highest BCUT2D eigenvalue weighted by Crippen LogP contribution is 2.28. The Balaban J connectivity index is 1.52. The van der Waals surface area contributed by atoms with Gasteiger partial charge in [-0.1, -0.05) is 0 Å². The number of aryl methyl sites for hydroxylation is 1. The van der Waals surface area contributed by atoms with Crippen LogP contribution in [0.2, 0.25) is 5.28 Å². The third kappa shape index (κ3) is 4.66. The summed E-state index contributed by atoms with van der Waals surface area (Å²) in [4.78, 5) is 17.7. The van der Waals surface area contributed by atoms with Gasteiger partial charge < -0.3 is 19.4 Å². The highest BCUT2D eigenvalue weighted by atomic mass is 35.5.